The molecule has 0 saturated heterocycles. The lowest BCUT2D eigenvalue weighted by Gasteiger charge is -2.11. The molecular weight excluding hydrogens is 312 g/mol. The number of hydrogen-bond donors (Lipinski definition) is 2. The highest BCUT2D eigenvalue weighted by atomic mass is 16.5. The van der Waals surface area contributed by atoms with Gasteiger partial charge in [-0.15, -0.1) is 0 Å². The van der Waals surface area contributed by atoms with Crippen LogP contribution >= 0.6 is 0 Å². The number of anilines is 2. The van der Waals surface area contributed by atoms with Crippen molar-refractivity contribution in [1.82, 2.24) is 9.97 Å². The molecule has 0 amide bonds. The Morgan fingerprint density at radius 1 is 1.04 bits per heavy atom. The number of aryl methyl sites for hydroxylation is 1. The first-order valence-electron chi connectivity index (χ1n) is 7.53. The van der Waals surface area contributed by atoms with Gasteiger partial charge in [0.05, 0.1) is 13.1 Å². The van der Waals surface area contributed by atoms with Gasteiger partial charge in [-0.05, 0) is 0 Å². The third kappa shape index (κ3) is 7.39. The molecule has 1 rings (SSSR count). The van der Waals surface area contributed by atoms with E-state index in [0.29, 0.717) is 37.0 Å². The fourth-order valence-corrected chi connectivity index (χ4v) is 1.62. The summed E-state index contributed by atoms with van der Waals surface area (Å²) in [5.74, 6) is 0.952. The van der Waals surface area contributed by atoms with Crippen molar-refractivity contribution in [2.75, 3.05) is 36.9 Å². The second kappa shape index (κ2) is 10.8. The second-order valence-electron chi connectivity index (χ2n) is 4.51. The summed E-state index contributed by atoms with van der Waals surface area (Å²) in [6.07, 6.45) is 2.89. The molecule has 0 bridgehead atoms. The van der Waals surface area contributed by atoms with Crippen LogP contribution in [0, 0.1) is 0 Å². The van der Waals surface area contributed by atoms with E-state index in [1.165, 1.54) is 0 Å². The van der Waals surface area contributed by atoms with E-state index in [1.807, 2.05) is 6.92 Å². The van der Waals surface area contributed by atoms with Gasteiger partial charge in [0.15, 0.2) is 0 Å². The normalized spacial score (nSPS) is 9.71. The van der Waals surface area contributed by atoms with Gasteiger partial charge in [0.25, 0.3) is 0 Å². The van der Waals surface area contributed by atoms with Crippen molar-refractivity contribution < 1.29 is 19.1 Å². The van der Waals surface area contributed by atoms with Crippen molar-refractivity contribution in [2.45, 2.75) is 13.3 Å². The smallest absolute Gasteiger partial charge is 0.330 e. The van der Waals surface area contributed by atoms with Crippen LogP contribution in [0.15, 0.2) is 31.4 Å². The standard InChI is InChI=1S/C16H22N4O4/c1-4-12-19-13(17-7-9-23-15(21)5-2)11-14(20-12)18-8-10-24-16(22)6-3/h5-6,11H,2-4,7-10H2,1H3,(H2,17,18,19,20). The van der Waals surface area contributed by atoms with Gasteiger partial charge < -0.3 is 20.1 Å². The predicted octanol–water partition coefficient (Wildman–Crippen LogP) is 1.32. The van der Waals surface area contributed by atoms with Gasteiger partial charge in [-0.1, -0.05) is 20.1 Å². The molecule has 130 valence electrons. The monoisotopic (exact) mass is 334 g/mol. The zero-order chi connectivity index (χ0) is 17.8. The summed E-state index contributed by atoms with van der Waals surface area (Å²) in [6.45, 7) is 9.83. The molecule has 1 aromatic rings. The number of nitrogens with zero attached hydrogens (tertiary/aromatic N) is 2. The fourth-order valence-electron chi connectivity index (χ4n) is 1.62. The van der Waals surface area contributed by atoms with E-state index >= 15 is 0 Å². The van der Waals surface area contributed by atoms with E-state index in [1.54, 1.807) is 6.07 Å². The van der Waals surface area contributed by atoms with Crippen LogP contribution in [0.1, 0.15) is 12.7 Å². The Hall–Kier alpha value is -2.90. The maximum absolute atomic E-state index is 10.9. The number of aromatic nitrogens is 2. The van der Waals surface area contributed by atoms with Gasteiger partial charge in [-0.3, -0.25) is 0 Å². The van der Waals surface area contributed by atoms with E-state index in [2.05, 4.69) is 33.8 Å². The third-order valence-electron chi connectivity index (χ3n) is 2.73. The summed E-state index contributed by atoms with van der Waals surface area (Å²) in [5.41, 5.74) is 0. The van der Waals surface area contributed by atoms with Crippen molar-refractivity contribution in [3.63, 3.8) is 0 Å². The summed E-state index contributed by atoms with van der Waals surface area (Å²) in [4.78, 5) is 30.6. The molecule has 0 aliphatic heterocycles. The van der Waals surface area contributed by atoms with E-state index in [4.69, 9.17) is 9.47 Å². The third-order valence-corrected chi connectivity index (χ3v) is 2.73. The van der Waals surface area contributed by atoms with Gasteiger partial charge >= 0.3 is 11.9 Å². The molecule has 0 saturated carbocycles. The maximum Gasteiger partial charge on any atom is 0.330 e. The summed E-state index contributed by atoms with van der Waals surface area (Å²) in [5, 5.41) is 6.11. The number of carbonyl (C=O) groups is 2. The minimum absolute atomic E-state index is 0.205. The number of esters is 2. The summed E-state index contributed by atoms with van der Waals surface area (Å²) >= 11 is 0. The van der Waals surface area contributed by atoms with E-state index < -0.39 is 11.9 Å². The largest absolute Gasteiger partial charge is 0.461 e. The van der Waals surface area contributed by atoms with E-state index in [9.17, 15) is 9.59 Å². The fraction of sp³-hybridized carbons (Fsp3) is 0.375. The number of carbonyl (C=O) groups excluding carboxylic acids is 2. The molecule has 0 spiro atoms. The Kier molecular flexibility index (Phi) is 8.59. The average molecular weight is 334 g/mol. The number of hydrogen-bond acceptors (Lipinski definition) is 8. The Balaban J connectivity index is 2.50. The molecule has 1 aromatic heterocycles. The number of ether oxygens (including phenoxy) is 2. The van der Waals surface area contributed by atoms with Crippen LogP contribution in [-0.4, -0.2) is 48.2 Å². The van der Waals surface area contributed by atoms with Crippen LogP contribution in [-0.2, 0) is 25.5 Å². The highest BCUT2D eigenvalue weighted by Crippen LogP contribution is 2.11. The van der Waals surface area contributed by atoms with Crippen LogP contribution in [0.2, 0.25) is 0 Å². The first-order chi connectivity index (χ1) is 11.6. The van der Waals surface area contributed by atoms with Gasteiger partial charge in [-0.2, -0.15) is 0 Å². The minimum atomic E-state index is -0.467. The SMILES string of the molecule is C=CC(=O)OCCNc1cc(NCCOC(=O)C=C)nc(CC)n1. The second-order valence-corrected chi connectivity index (χ2v) is 4.51. The van der Waals surface area contributed by atoms with Crippen LogP contribution in [0.25, 0.3) is 0 Å². The molecule has 0 aliphatic carbocycles. The maximum atomic E-state index is 10.9. The van der Waals surface area contributed by atoms with Crippen LogP contribution in [0.5, 0.6) is 0 Å². The van der Waals surface area contributed by atoms with Gasteiger partial charge in [0.1, 0.15) is 30.7 Å². The highest BCUT2D eigenvalue weighted by molar-refractivity contribution is 5.81. The Morgan fingerprint density at radius 2 is 1.50 bits per heavy atom. The van der Waals surface area contributed by atoms with Crippen LogP contribution in [0.4, 0.5) is 11.6 Å². The molecule has 1 heterocycles. The first kappa shape index (κ1) is 19.1. The highest BCUT2D eigenvalue weighted by Gasteiger charge is 2.04. The quantitative estimate of drug-likeness (QED) is 0.355. The molecule has 0 aromatic carbocycles. The molecular formula is C16H22N4O4. The molecule has 0 fully saturated rings. The van der Waals surface area contributed by atoms with Gasteiger partial charge in [-0.25, -0.2) is 19.6 Å². The lowest BCUT2D eigenvalue weighted by molar-refractivity contribution is -0.138. The van der Waals surface area contributed by atoms with Crippen LogP contribution < -0.4 is 10.6 Å². The average Bonchev–Trinajstić information content (AvgIpc) is 2.61. The lowest BCUT2D eigenvalue weighted by Crippen LogP contribution is -2.16. The molecule has 8 heteroatoms. The number of nitrogens with one attached hydrogen (secondary N) is 2. The van der Waals surface area contributed by atoms with Crippen molar-refractivity contribution in [3.8, 4) is 0 Å². The zero-order valence-electron chi connectivity index (χ0n) is 13.7. The topological polar surface area (TPSA) is 102 Å². The predicted molar refractivity (Wildman–Crippen MR) is 90.7 cm³/mol. The van der Waals surface area contributed by atoms with E-state index in [-0.39, 0.29) is 13.2 Å². The molecule has 24 heavy (non-hydrogen) atoms. The van der Waals surface area contributed by atoms with Crippen molar-refractivity contribution in [3.05, 3.63) is 37.2 Å². The van der Waals surface area contributed by atoms with Crippen molar-refractivity contribution >= 4 is 23.6 Å². The Bertz CT molecular complexity index is 543. The molecule has 2 N–H and O–H groups in total. The number of rotatable bonds is 11. The Labute approximate surface area is 141 Å². The molecule has 0 atom stereocenters. The van der Waals surface area contributed by atoms with Crippen molar-refractivity contribution in [1.29, 1.82) is 0 Å². The first-order valence-corrected chi connectivity index (χ1v) is 7.53. The molecule has 8 nitrogen and oxygen atoms in total. The van der Waals surface area contributed by atoms with E-state index in [0.717, 1.165) is 12.2 Å². The molecule has 0 radical (unpaired) electrons. The summed E-state index contributed by atoms with van der Waals surface area (Å²) < 4.78 is 9.75. The molecule has 0 aliphatic rings. The van der Waals surface area contributed by atoms with Gasteiger partial charge in [0.2, 0.25) is 0 Å². The van der Waals surface area contributed by atoms with Crippen molar-refractivity contribution in [2.24, 2.45) is 0 Å². The Morgan fingerprint density at radius 3 is 1.88 bits per heavy atom. The van der Waals surface area contributed by atoms with Crippen LogP contribution in [0.3, 0.4) is 0 Å². The lowest BCUT2D eigenvalue weighted by atomic mass is 10.4. The zero-order valence-corrected chi connectivity index (χ0v) is 13.7. The minimum Gasteiger partial charge on any atom is -0.461 e. The summed E-state index contributed by atoms with van der Waals surface area (Å²) in [7, 11) is 0. The van der Waals surface area contributed by atoms with Gasteiger partial charge in [0, 0.05) is 24.6 Å². The molecule has 0 unspecified atom stereocenters. The summed E-state index contributed by atoms with van der Waals surface area (Å²) in [6, 6.07) is 1.73.